The number of unbranched alkanes of at least 4 members (excludes halogenated alkanes) is 9. The van der Waals surface area contributed by atoms with Gasteiger partial charge < -0.3 is 14.6 Å². The number of hydrogen-bond donors (Lipinski definition) is 1. The second-order valence-corrected chi connectivity index (χ2v) is 7.04. The van der Waals surface area contributed by atoms with E-state index >= 15 is 0 Å². The van der Waals surface area contributed by atoms with Crippen LogP contribution < -0.4 is 0 Å². The number of ether oxygens (including phenoxy) is 2. The summed E-state index contributed by atoms with van der Waals surface area (Å²) in [5.74, 6) is -1.88. The molecule has 0 bridgehead atoms. The fraction of sp³-hybridized carbons (Fsp3) is 0.800. The maximum atomic E-state index is 11.5. The van der Waals surface area contributed by atoms with Crippen LogP contribution in [0.4, 0.5) is 0 Å². The number of rotatable bonds is 13. The minimum atomic E-state index is -1.37. The lowest BCUT2D eigenvalue weighted by Gasteiger charge is -2.23. The highest BCUT2D eigenvalue weighted by molar-refractivity contribution is 5.91. The quantitative estimate of drug-likeness (QED) is 0.391. The monoisotopic (exact) mass is 354 g/mol. The summed E-state index contributed by atoms with van der Waals surface area (Å²) in [7, 11) is 1.43. The fourth-order valence-electron chi connectivity index (χ4n) is 3.14. The van der Waals surface area contributed by atoms with Crippen LogP contribution in [0.15, 0.2) is 11.1 Å². The van der Waals surface area contributed by atoms with E-state index in [9.17, 15) is 14.7 Å². The predicted octanol–water partition coefficient (Wildman–Crippen LogP) is 4.42. The molecule has 1 unspecified atom stereocenters. The van der Waals surface area contributed by atoms with Crippen LogP contribution in [0.1, 0.15) is 90.9 Å². The summed E-state index contributed by atoms with van der Waals surface area (Å²) >= 11 is 0. The Kier molecular flexibility index (Phi) is 9.79. The maximum absolute atomic E-state index is 11.5. The Hall–Kier alpha value is -1.36. The minimum Gasteiger partial charge on any atom is -0.469 e. The summed E-state index contributed by atoms with van der Waals surface area (Å²) in [6.45, 7) is 3.47. The largest absolute Gasteiger partial charge is 0.469 e. The number of carbonyl (C=O) groups excluding carboxylic acids is 2. The highest BCUT2D eigenvalue weighted by atomic mass is 16.7. The molecule has 0 spiro atoms. The first-order valence-corrected chi connectivity index (χ1v) is 9.61. The summed E-state index contributed by atoms with van der Waals surface area (Å²) in [6, 6.07) is 0. The number of esters is 2. The van der Waals surface area contributed by atoms with Crippen molar-refractivity contribution in [2.24, 2.45) is 0 Å². The fourth-order valence-corrected chi connectivity index (χ4v) is 3.14. The predicted molar refractivity (Wildman–Crippen MR) is 96.8 cm³/mol. The van der Waals surface area contributed by atoms with E-state index in [-0.39, 0.29) is 5.97 Å². The average Bonchev–Trinajstić information content (AvgIpc) is 2.78. The second kappa shape index (κ2) is 11.3. The van der Waals surface area contributed by atoms with Crippen molar-refractivity contribution in [1.29, 1.82) is 0 Å². The third kappa shape index (κ3) is 7.59. The van der Waals surface area contributed by atoms with E-state index in [0.29, 0.717) is 24.0 Å². The Morgan fingerprint density at radius 3 is 1.88 bits per heavy atom. The first-order chi connectivity index (χ1) is 11.9. The van der Waals surface area contributed by atoms with Gasteiger partial charge in [-0.3, -0.25) is 4.79 Å². The molecule has 0 amide bonds. The van der Waals surface area contributed by atoms with Gasteiger partial charge in [0.25, 0.3) is 0 Å². The number of methoxy groups -OCH3 is 1. The lowest BCUT2D eigenvalue weighted by molar-refractivity contribution is -0.183. The highest BCUT2D eigenvalue weighted by Crippen LogP contribution is 2.34. The molecule has 0 aromatic carbocycles. The van der Waals surface area contributed by atoms with Gasteiger partial charge in [0.05, 0.1) is 7.11 Å². The van der Waals surface area contributed by atoms with Gasteiger partial charge >= 0.3 is 11.9 Å². The Bertz CT molecular complexity index is 469. The Morgan fingerprint density at radius 2 is 1.44 bits per heavy atom. The molecule has 0 fully saturated rings. The van der Waals surface area contributed by atoms with Crippen molar-refractivity contribution in [1.82, 2.24) is 0 Å². The molecule has 0 radical (unpaired) electrons. The van der Waals surface area contributed by atoms with Crippen molar-refractivity contribution < 1.29 is 24.2 Å². The van der Waals surface area contributed by atoms with Crippen LogP contribution in [0, 0.1) is 0 Å². The maximum Gasteiger partial charge on any atom is 0.336 e. The van der Waals surface area contributed by atoms with Gasteiger partial charge in [-0.05, 0) is 26.7 Å². The van der Waals surface area contributed by atoms with E-state index in [0.717, 1.165) is 32.1 Å². The van der Waals surface area contributed by atoms with Gasteiger partial charge in [-0.15, -0.1) is 0 Å². The Morgan fingerprint density at radius 1 is 0.960 bits per heavy atom. The van der Waals surface area contributed by atoms with Crippen molar-refractivity contribution in [3.63, 3.8) is 0 Å². The van der Waals surface area contributed by atoms with Crippen molar-refractivity contribution in [3.8, 4) is 0 Å². The van der Waals surface area contributed by atoms with Crippen LogP contribution in [0.5, 0.6) is 0 Å². The van der Waals surface area contributed by atoms with E-state index in [2.05, 4.69) is 4.74 Å². The molecule has 1 heterocycles. The average molecular weight is 354 g/mol. The van der Waals surface area contributed by atoms with E-state index in [1.165, 1.54) is 39.2 Å². The molecule has 0 saturated heterocycles. The smallest absolute Gasteiger partial charge is 0.336 e. The first kappa shape index (κ1) is 21.7. The highest BCUT2D eigenvalue weighted by Gasteiger charge is 2.41. The molecular weight excluding hydrogens is 320 g/mol. The van der Waals surface area contributed by atoms with E-state index in [1.54, 1.807) is 13.8 Å². The van der Waals surface area contributed by atoms with Gasteiger partial charge in [-0.2, -0.15) is 0 Å². The minimum absolute atomic E-state index is 0.113. The number of aliphatic hydroxyl groups is 1. The van der Waals surface area contributed by atoms with Crippen molar-refractivity contribution in [2.45, 2.75) is 96.7 Å². The van der Waals surface area contributed by atoms with Gasteiger partial charge in [0.1, 0.15) is 0 Å². The molecule has 25 heavy (non-hydrogen) atoms. The van der Waals surface area contributed by atoms with E-state index in [4.69, 9.17) is 4.74 Å². The summed E-state index contributed by atoms with van der Waals surface area (Å²) in [6.07, 6.45) is 12.2. The van der Waals surface area contributed by atoms with Crippen molar-refractivity contribution >= 4 is 11.9 Å². The van der Waals surface area contributed by atoms with Crippen LogP contribution in [-0.4, -0.2) is 29.9 Å². The van der Waals surface area contributed by atoms with Crippen LogP contribution in [0.2, 0.25) is 0 Å². The van der Waals surface area contributed by atoms with Gasteiger partial charge in [-0.1, -0.05) is 51.4 Å². The molecule has 1 aliphatic rings. The van der Waals surface area contributed by atoms with Crippen LogP contribution in [-0.2, 0) is 19.1 Å². The topological polar surface area (TPSA) is 72.8 Å². The van der Waals surface area contributed by atoms with E-state index in [1.807, 2.05) is 0 Å². The van der Waals surface area contributed by atoms with Crippen LogP contribution in [0.3, 0.4) is 0 Å². The van der Waals surface area contributed by atoms with Gasteiger partial charge in [0, 0.05) is 24.0 Å². The standard InChI is InChI=1S/C20H34O5/c1-16-17(2)20(23,25-19(16)22)15-13-11-9-7-5-4-6-8-10-12-14-18(21)24-3/h23H,4-15H2,1-3H3. The van der Waals surface area contributed by atoms with Crippen molar-refractivity contribution in [2.75, 3.05) is 7.11 Å². The zero-order valence-corrected chi connectivity index (χ0v) is 16.1. The molecule has 0 aromatic heterocycles. The third-order valence-corrected chi connectivity index (χ3v) is 5.09. The Labute approximate surface area is 151 Å². The molecule has 5 nitrogen and oxygen atoms in total. The molecule has 144 valence electrons. The molecule has 0 saturated carbocycles. The summed E-state index contributed by atoms with van der Waals surface area (Å²) in [4.78, 5) is 22.4. The first-order valence-electron chi connectivity index (χ1n) is 9.61. The van der Waals surface area contributed by atoms with Gasteiger partial charge in [-0.25, -0.2) is 4.79 Å². The molecule has 0 aliphatic carbocycles. The van der Waals surface area contributed by atoms with Crippen LogP contribution >= 0.6 is 0 Å². The number of hydrogen-bond acceptors (Lipinski definition) is 5. The molecule has 5 heteroatoms. The zero-order valence-electron chi connectivity index (χ0n) is 16.1. The molecular formula is C20H34O5. The molecule has 0 aromatic rings. The lowest BCUT2D eigenvalue weighted by Crippen LogP contribution is -2.30. The van der Waals surface area contributed by atoms with E-state index < -0.39 is 11.8 Å². The summed E-state index contributed by atoms with van der Waals surface area (Å²) < 4.78 is 9.72. The molecule has 1 N–H and O–H groups in total. The summed E-state index contributed by atoms with van der Waals surface area (Å²) in [5, 5.41) is 10.4. The van der Waals surface area contributed by atoms with Gasteiger partial charge in [0.15, 0.2) is 0 Å². The van der Waals surface area contributed by atoms with Crippen molar-refractivity contribution in [3.05, 3.63) is 11.1 Å². The number of carbonyl (C=O) groups is 2. The Balaban J connectivity index is 1.93. The lowest BCUT2D eigenvalue weighted by atomic mass is 9.98. The SMILES string of the molecule is COC(=O)CCCCCCCCCCCCC1(O)OC(=O)C(C)=C1C. The molecule has 1 atom stereocenters. The summed E-state index contributed by atoms with van der Waals surface area (Å²) in [5.41, 5.74) is 1.19. The number of cyclic esters (lactones) is 1. The zero-order chi connectivity index (χ0) is 18.7. The molecule has 1 rings (SSSR count). The van der Waals surface area contributed by atoms with Crippen LogP contribution in [0.25, 0.3) is 0 Å². The molecule has 1 aliphatic heterocycles. The normalized spacial score (nSPS) is 20.1. The van der Waals surface area contributed by atoms with Gasteiger partial charge in [0.2, 0.25) is 5.79 Å². The second-order valence-electron chi connectivity index (χ2n) is 7.04. The third-order valence-electron chi connectivity index (χ3n) is 5.09.